The SMILES string of the molecule is CC(C)(C)OC(=O)N(CCC=O)c1ccc(F)cc1. The number of nitrogens with zero attached hydrogens (tertiary/aromatic N) is 1. The lowest BCUT2D eigenvalue weighted by atomic mass is 10.2. The minimum atomic E-state index is -0.628. The van der Waals surface area contributed by atoms with E-state index in [1.54, 1.807) is 20.8 Å². The van der Waals surface area contributed by atoms with Crippen molar-refractivity contribution in [2.45, 2.75) is 32.8 Å². The van der Waals surface area contributed by atoms with E-state index in [4.69, 9.17) is 4.74 Å². The summed E-state index contributed by atoms with van der Waals surface area (Å²) >= 11 is 0. The molecule has 0 spiro atoms. The van der Waals surface area contributed by atoms with Crippen LogP contribution in [0.15, 0.2) is 24.3 Å². The maximum atomic E-state index is 12.9. The Morgan fingerprint density at radius 3 is 2.37 bits per heavy atom. The van der Waals surface area contributed by atoms with Gasteiger partial charge in [-0.05, 0) is 45.0 Å². The zero-order chi connectivity index (χ0) is 14.5. The second kappa shape index (κ2) is 6.31. The number of hydrogen-bond acceptors (Lipinski definition) is 3. The maximum Gasteiger partial charge on any atom is 0.414 e. The van der Waals surface area contributed by atoms with Gasteiger partial charge in [-0.1, -0.05) is 0 Å². The maximum absolute atomic E-state index is 12.9. The van der Waals surface area contributed by atoms with Gasteiger partial charge in [-0.15, -0.1) is 0 Å². The summed E-state index contributed by atoms with van der Waals surface area (Å²) in [6.07, 6.45) is 0.360. The number of rotatable bonds is 4. The van der Waals surface area contributed by atoms with Crippen LogP contribution in [0.25, 0.3) is 0 Å². The van der Waals surface area contributed by atoms with E-state index in [1.807, 2.05) is 0 Å². The van der Waals surface area contributed by atoms with Crippen LogP contribution in [0.2, 0.25) is 0 Å². The van der Waals surface area contributed by atoms with Crippen LogP contribution in [-0.2, 0) is 9.53 Å². The molecule has 104 valence electrons. The standard InChI is InChI=1S/C14H18FNO3/c1-14(2,3)19-13(18)16(9-4-10-17)12-7-5-11(15)6-8-12/h5-8,10H,4,9H2,1-3H3. The molecule has 0 heterocycles. The van der Waals surface area contributed by atoms with Crippen molar-refractivity contribution < 1.29 is 18.7 Å². The Bertz CT molecular complexity index is 437. The van der Waals surface area contributed by atoms with Gasteiger partial charge in [0.15, 0.2) is 0 Å². The van der Waals surface area contributed by atoms with Crippen LogP contribution in [-0.4, -0.2) is 24.5 Å². The molecule has 4 nitrogen and oxygen atoms in total. The van der Waals surface area contributed by atoms with Crippen LogP contribution < -0.4 is 4.90 Å². The van der Waals surface area contributed by atoms with Gasteiger partial charge < -0.3 is 9.53 Å². The number of halogens is 1. The third-order valence-corrected chi connectivity index (χ3v) is 2.22. The smallest absolute Gasteiger partial charge is 0.414 e. The first-order valence-electron chi connectivity index (χ1n) is 6.03. The summed E-state index contributed by atoms with van der Waals surface area (Å²) in [6.45, 7) is 5.47. The molecule has 0 bridgehead atoms. The average Bonchev–Trinajstić information content (AvgIpc) is 2.29. The Balaban J connectivity index is 2.90. The molecule has 1 aromatic carbocycles. The molecule has 0 aliphatic heterocycles. The van der Waals surface area contributed by atoms with Crippen molar-refractivity contribution in [2.75, 3.05) is 11.4 Å². The van der Waals surface area contributed by atoms with E-state index in [0.29, 0.717) is 5.69 Å². The largest absolute Gasteiger partial charge is 0.443 e. The minimum Gasteiger partial charge on any atom is -0.443 e. The quantitative estimate of drug-likeness (QED) is 0.787. The highest BCUT2D eigenvalue weighted by Gasteiger charge is 2.23. The fourth-order valence-corrected chi connectivity index (χ4v) is 1.45. The fraction of sp³-hybridized carbons (Fsp3) is 0.429. The lowest BCUT2D eigenvalue weighted by Gasteiger charge is -2.27. The first-order chi connectivity index (χ1) is 8.83. The number of carbonyl (C=O) groups is 2. The van der Waals surface area contributed by atoms with Crippen LogP contribution in [0.3, 0.4) is 0 Å². The minimum absolute atomic E-state index is 0.191. The Hall–Kier alpha value is -1.91. The molecule has 1 amide bonds. The highest BCUT2D eigenvalue weighted by Crippen LogP contribution is 2.19. The summed E-state index contributed by atoms with van der Waals surface area (Å²) < 4.78 is 18.1. The highest BCUT2D eigenvalue weighted by molar-refractivity contribution is 5.88. The van der Waals surface area contributed by atoms with Crippen LogP contribution in [0.1, 0.15) is 27.2 Å². The number of amides is 1. The molecule has 1 aromatic rings. The molecule has 0 saturated heterocycles. The molecule has 1 rings (SSSR count). The molecule has 0 saturated carbocycles. The number of hydrogen-bond donors (Lipinski definition) is 0. The lowest BCUT2D eigenvalue weighted by Crippen LogP contribution is -2.37. The van der Waals surface area contributed by atoms with Crippen molar-refractivity contribution in [3.05, 3.63) is 30.1 Å². The van der Waals surface area contributed by atoms with Crippen molar-refractivity contribution in [3.8, 4) is 0 Å². The zero-order valence-electron chi connectivity index (χ0n) is 11.4. The third-order valence-electron chi connectivity index (χ3n) is 2.22. The van der Waals surface area contributed by atoms with Gasteiger partial charge in [-0.25, -0.2) is 9.18 Å². The summed E-state index contributed by atoms with van der Waals surface area (Å²) in [7, 11) is 0. The zero-order valence-corrected chi connectivity index (χ0v) is 11.4. The number of ether oxygens (including phenoxy) is 1. The van der Waals surface area contributed by atoms with E-state index >= 15 is 0 Å². The second-order valence-electron chi connectivity index (χ2n) is 5.06. The fourth-order valence-electron chi connectivity index (χ4n) is 1.45. The van der Waals surface area contributed by atoms with E-state index in [0.717, 1.165) is 6.29 Å². The van der Waals surface area contributed by atoms with Crippen molar-refractivity contribution in [1.29, 1.82) is 0 Å². The molecule has 0 aliphatic rings. The highest BCUT2D eigenvalue weighted by atomic mass is 19.1. The van der Waals surface area contributed by atoms with E-state index in [-0.39, 0.29) is 18.8 Å². The van der Waals surface area contributed by atoms with Gasteiger partial charge >= 0.3 is 6.09 Å². The summed E-state index contributed by atoms with van der Waals surface area (Å²) in [5.74, 6) is -0.386. The molecule has 0 fully saturated rings. The molecule has 0 atom stereocenters. The molecule has 0 unspecified atom stereocenters. The number of anilines is 1. The molecule has 0 N–H and O–H groups in total. The Morgan fingerprint density at radius 1 is 1.32 bits per heavy atom. The summed E-state index contributed by atoms with van der Waals surface area (Å²) in [4.78, 5) is 23.8. The van der Waals surface area contributed by atoms with Gasteiger partial charge in [0.05, 0.1) is 0 Å². The lowest BCUT2D eigenvalue weighted by molar-refractivity contribution is -0.107. The third kappa shape index (κ3) is 5.07. The molecule has 0 aromatic heterocycles. The van der Waals surface area contributed by atoms with Crippen LogP contribution >= 0.6 is 0 Å². The van der Waals surface area contributed by atoms with Gasteiger partial charge in [-0.3, -0.25) is 4.90 Å². The number of aldehydes is 1. The van der Waals surface area contributed by atoms with Crippen LogP contribution in [0.5, 0.6) is 0 Å². The van der Waals surface area contributed by atoms with E-state index < -0.39 is 11.7 Å². The first-order valence-corrected chi connectivity index (χ1v) is 6.03. The number of carbonyl (C=O) groups excluding carboxylic acids is 2. The van der Waals surface area contributed by atoms with Crippen molar-refractivity contribution in [1.82, 2.24) is 0 Å². The van der Waals surface area contributed by atoms with E-state index in [1.165, 1.54) is 29.2 Å². The summed E-state index contributed by atoms with van der Waals surface area (Å²) in [6, 6.07) is 5.47. The molecule has 0 radical (unpaired) electrons. The van der Waals surface area contributed by atoms with Crippen molar-refractivity contribution in [2.24, 2.45) is 0 Å². The van der Waals surface area contributed by atoms with E-state index in [2.05, 4.69) is 0 Å². The average molecular weight is 267 g/mol. The molecular weight excluding hydrogens is 249 g/mol. The predicted molar refractivity (Wildman–Crippen MR) is 70.7 cm³/mol. The van der Waals surface area contributed by atoms with Crippen molar-refractivity contribution >= 4 is 18.1 Å². The van der Waals surface area contributed by atoms with Crippen LogP contribution in [0.4, 0.5) is 14.9 Å². The molecule has 5 heteroatoms. The van der Waals surface area contributed by atoms with Gasteiger partial charge in [0.1, 0.15) is 17.7 Å². The molecule has 19 heavy (non-hydrogen) atoms. The molecule has 0 aliphatic carbocycles. The topological polar surface area (TPSA) is 46.6 Å². The monoisotopic (exact) mass is 267 g/mol. The van der Waals surface area contributed by atoms with Gasteiger partial charge in [0, 0.05) is 18.7 Å². The van der Waals surface area contributed by atoms with Gasteiger partial charge in [0.25, 0.3) is 0 Å². The number of benzene rings is 1. The first kappa shape index (κ1) is 15.1. The second-order valence-corrected chi connectivity index (χ2v) is 5.06. The Kier molecular flexibility index (Phi) is 5.03. The molecular formula is C14H18FNO3. The Labute approximate surface area is 112 Å². The van der Waals surface area contributed by atoms with Gasteiger partial charge in [0.2, 0.25) is 0 Å². The Morgan fingerprint density at radius 2 is 1.89 bits per heavy atom. The predicted octanol–water partition coefficient (Wildman–Crippen LogP) is 3.16. The summed E-state index contributed by atoms with van der Waals surface area (Å²) in [5, 5.41) is 0. The van der Waals surface area contributed by atoms with Crippen molar-refractivity contribution in [3.63, 3.8) is 0 Å². The summed E-state index contributed by atoms with van der Waals surface area (Å²) in [5.41, 5.74) is -0.131. The normalized spacial score (nSPS) is 10.9. The van der Waals surface area contributed by atoms with Crippen LogP contribution in [0, 0.1) is 5.82 Å². The van der Waals surface area contributed by atoms with E-state index in [9.17, 15) is 14.0 Å². The van der Waals surface area contributed by atoms with Gasteiger partial charge in [-0.2, -0.15) is 0 Å².